The zero-order valence-corrected chi connectivity index (χ0v) is 9.79. The first kappa shape index (κ1) is 11.3. The Morgan fingerprint density at radius 1 is 1.56 bits per heavy atom. The zero-order chi connectivity index (χ0) is 11.2. The molecular formula is C10H14N4OS. The van der Waals surface area contributed by atoms with Crippen molar-refractivity contribution in [3.63, 3.8) is 0 Å². The minimum Gasteiger partial charge on any atom is -0.379 e. The predicted octanol–water partition coefficient (Wildman–Crippen LogP) is 0.759. The first-order valence-corrected chi connectivity index (χ1v) is 6.10. The second kappa shape index (κ2) is 5.80. The Kier molecular flexibility index (Phi) is 4.10. The van der Waals surface area contributed by atoms with Crippen LogP contribution in [-0.4, -0.2) is 49.3 Å². The highest BCUT2D eigenvalue weighted by molar-refractivity contribution is 7.16. The number of ether oxygens (including phenoxy) is 1. The van der Waals surface area contributed by atoms with Gasteiger partial charge in [-0.25, -0.2) is 4.98 Å². The van der Waals surface area contributed by atoms with Gasteiger partial charge in [0.25, 0.3) is 0 Å². The van der Waals surface area contributed by atoms with E-state index in [2.05, 4.69) is 21.3 Å². The number of morpholine rings is 1. The Morgan fingerprint density at radius 2 is 2.38 bits per heavy atom. The molecule has 1 fully saturated rings. The Balaban J connectivity index is 1.69. The molecule has 0 atom stereocenters. The molecule has 0 radical (unpaired) electrons. The molecule has 0 aromatic carbocycles. The molecule has 2 rings (SSSR count). The summed E-state index contributed by atoms with van der Waals surface area (Å²) in [6.07, 6.45) is 1.60. The van der Waals surface area contributed by atoms with Gasteiger partial charge in [0.15, 0.2) is 5.13 Å². The molecule has 6 heteroatoms. The zero-order valence-electron chi connectivity index (χ0n) is 8.98. The molecule has 86 valence electrons. The van der Waals surface area contributed by atoms with Crippen LogP contribution in [0.4, 0.5) is 5.13 Å². The average molecular weight is 238 g/mol. The van der Waals surface area contributed by atoms with Crippen LogP contribution in [0.1, 0.15) is 4.88 Å². The molecule has 0 spiro atoms. The highest BCUT2D eigenvalue weighted by Crippen LogP contribution is 2.16. The van der Waals surface area contributed by atoms with Crippen molar-refractivity contribution in [1.82, 2.24) is 9.88 Å². The van der Waals surface area contributed by atoms with Gasteiger partial charge in [0, 0.05) is 26.2 Å². The quantitative estimate of drug-likeness (QED) is 0.839. The normalized spacial score (nSPS) is 16.9. The second-order valence-electron chi connectivity index (χ2n) is 3.52. The summed E-state index contributed by atoms with van der Waals surface area (Å²) in [6.45, 7) is 5.51. The number of aromatic nitrogens is 1. The molecule has 1 N–H and O–H groups in total. The van der Waals surface area contributed by atoms with E-state index in [1.807, 2.05) is 0 Å². The van der Waals surface area contributed by atoms with Crippen LogP contribution in [0.15, 0.2) is 6.20 Å². The number of anilines is 1. The summed E-state index contributed by atoms with van der Waals surface area (Å²) in [6, 6.07) is 2.08. The van der Waals surface area contributed by atoms with Gasteiger partial charge in [0.05, 0.1) is 19.4 Å². The third-order valence-electron chi connectivity index (χ3n) is 2.42. The van der Waals surface area contributed by atoms with Crippen molar-refractivity contribution in [1.29, 1.82) is 5.26 Å². The van der Waals surface area contributed by atoms with Crippen LogP contribution < -0.4 is 5.32 Å². The summed E-state index contributed by atoms with van der Waals surface area (Å²) < 4.78 is 5.27. The molecule has 1 aromatic heterocycles. The van der Waals surface area contributed by atoms with Crippen molar-refractivity contribution in [2.45, 2.75) is 0 Å². The topological polar surface area (TPSA) is 61.2 Å². The van der Waals surface area contributed by atoms with Crippen LogP contribution in [0, 0.1) is 11.3 Å². The van der Waals surface area contributed by atoms with E-state index in [0.717, 1.165) is 44.5 Å². The number of hydrogen-bond acceptors (Lipinski definition) is 6. The molecule has 0 aliphatic carbocycles. The van der Waals surface area contributed by atoms with E-state index in [1.54, 1.807) is 6.20 Å². The van der Waals surface area contributed by atoms with E-state index < -0.39 is 0 Å². The fourth-order valence-electron chi connectivity index (χ4n) is 1.55. The van der Waals surface area contributed by atoms with Crippen LogP contribution in [0.3, 0.4) is 0 Å². The molecule has 0 bridgehead atoms. The van der Waals surface area contributed by atoms with Crippen LogP contribution in [0.25, 0.3) is 0 Å². The van der Waals surface area contributed by atoms with E-state index >= 15 is 0 Å². The fraction of sp³-hybridized carbons (Fsp3) is 0.600. The van der Waals surface area contributed by atoms with E-state index in [9.17, 15) is 0 Å². The van der Waals surface area contributed by atoms with Crippen LogP contribution in [-0.2, 0) is 4.74 Å². The summed E-state index contributed by atoms with van der Waals surface area (Å²) in [5.74, 6) is 0. The maximum atomic E-state index is 8.65. The van der Waals surface area contributed by atoms with Gasteiger partial charge in [0.1, 0.15) is 10.9 Å². The Labute approximate surface area is 98.7 Å². The minimum atomic E-state index is 0.647. The molecular weight excluding hydrogens is 224 g/mol. The first-order valence-electron chi connectivity index (χ1n) is 5.28. The Hall–Kier alpha value is -1.16. The van der Waals surface area contributed by atoms with Crippen molar-refractivity contribution in [3.05, 3.63) is 11.1 Å². The number of hydrogen-bond donors (Lipinski definition) is 1. The SMILES string of the molecule is N#Cc1cnc(NCCN2CCOCC2)s1. The molecule has 1 aromatic rings. The minimum absolute atomic E-state index is 0.647. The van der Waals surface area contributed by atoms with Crippen molar-refractivity contribution in [2.24, 2.45) is 0 Å². The van der Waals surface area contributed by atoms with E-state index in [-0.39, 0.29) is 0 Å². The lowest BCUT2D eigenvalue weighted by Gasteiger charge is -2.26. The lowest BCUT2D eigenvalue weighted by atomic mass is 10.4. The second-order valence-corrected chi connectivity index (χ2v) is 4.55. The molecule has 5 nitrogen and oxygen atoms in total. The summed E-state index contributed by atoms with van der Waals surface area (Å²) in [5, 5.41) is 12.7. The highest BCUT2D eigenvalue weighted by atomic mass is 32.1. The number of nitrogens with zero attached hydrogens (tertiary/aromatic N) is 3. The maximum Gasteiger partial charge on any atom is 0.183 e. The van der Waals surface area contributed by atoms with Crippen LogP contribution in [0.2, 0.25) is 0 Å². The van der Waals surface area contributed by atoms with E-state index in [0.29, 0.717) is 4.88 Å². The molecule has 0 amide bonds. The van der Waals surface area contributed by atoms with Gasteiger partial charge in [-0.05, 0) is 0 Å². The van der Waals surface area contributed by atoms with Gasteiger partial charge in [-0.15, -0.1) is 0 Å². The van der Waals surface area contributed by atoms with Gasteiger partial charge < -0.3 is 10.1 Å². The third kappa shape index (κ3) is 3.17. The standard InChI is InChI=1S/C10H14N4OS/c11-7-9-8-13-10(16-9)12-1-2-14-3-5-15-6-4-14/h8H,1-6H2,(H,12,13). The number of nitriles is 1. The number of rotatable bonds is 4. The molecule has 0 saturated carbocycles. The highest BCUT2D eigenvalue weighted by Gasteiger charge is 2.09. The largest absolute Gasteiger partial charge is 0.379 e. The van der Waals surface area contributed by atoms with Gasteiger partial charge >= 0.3 is 0 Å². The predicted molar refractivity (Wildman–Crippen MR) is 62.6 cm³/mol. The van der Waals surface area contributed by atoms with Crippen molar-refractivity contribution in [2.75, 3.05) is 44.7 Å². The molecule has 1 aliphatic heterocycles. The summed E-state index contributed by atoms with van der Waals surface area (Å²) in [7, 11) is 0. The molecule has 0 unspecified atom stereocenters. The lowest BCUT2D eigenvalue weighted by molar-refractivity contribution is 0.0398. The molecule has 16 heavy (non-hydrogen) atoms. The van der Waals surface area contributed by atoms with Crippen LogP contribution >= 0.6 is 11.3 Å². The first-order chi connectivity index (χ1) is 7.88. The van der Waals surface area contributed by atoms with Gasteiger partial charge in [0.2, 0.25) is 0 Å². The number of thiazole rings is 1. The third-order valence-corrected chi connectivity index (χ3v) is 3.28. The molecule has 1 aliphatic rings. The van der Waals surface area contributed by atoms with E-state index in [1.165, 1.54) is 11.3 Å². The summed E-state index contributed by atoms with van der Waals surface area (Å²) >= 11 is 1.39. The summed E-state index contributed by atoms with van der Waals surface area (Å²) in [4.78, 5) is 7.11. The van der Waals surface area contributed by atoms with Crippen molar-refractivity contribution >= 4 is 16.5 Å². The molecule has 1 saturated heterocycles. The molecule has 2 heterocycles. The Morgan fingerprint density at radius 3 is 3.06 bits per heavy atom. The van der Waals surface area contributed by atoms with E-state index in [4.69, 9.17) is 10.00 Å². The summed E-state index contributed by atoms with van der Waals surface area (Å²) in [5.41, 5.74) is 0. The fourth-order valence-corrected chi connectivity index (χ4v) is 2.19. The average Bonchev–Trinajstić information content (AvgIpc) is 2.78. The van der Waals surface area contributed by atoms with Crippen molar-refractivity contribution < 1.29 is 4.74 Å². The lowest BCUT2D eigenvalue weighted by Crippen LogP contribution is -2.38. The Bertz CT molecular complexity index is 367. The smallest absolute Gasteiger partial charge is 0.183 e. The monoisotopic (exact) mass is 238 g/mol. The van der Waals surface area contributed by atoms with Crippen LogP contribution in [0.5, 0.6) is 0 Å². The van der Waals surface area contributed by atoms with Gasteiger partial charge in [-0.3, -0.25) is 4.90 Å². The van der Waals surface area contributed by atoms with Gasteiger partial charge in [-0.1, -0.05) is 11.3 Å². The van der Waals surface area contributed by atoms with Gasteiger partial charge in [-0.2, -0.15) is 5.26 Å². The maximum absolute atomic E-state index is 8.65. The van der Waals surface area contributed by atoms with Crippen molar-refractivity contribution in [3.8, 4) is 6.07 Å². The number of nitrogens with one attached hydrogen (secondary N) is 1.